The monoisotopic (exact) mass is 513 g/mol. The third-order valence-corrected chi connectivity index (χ3v) is 6.65. The Hall–Kier alpha value is -3.97. The number of aromatic nitrogens is 5. The molecule has 3 aromatic heterocycles. The van der Waals surface area contributed by atoms with Crippen LogP contribution in [0.2, 0.25) is 0 Å². The zero-order chi connectivity index (χ0) is 25.4. The minimum Gasteiger partial charge on any atom is -0.413 e. The van der Waals surface area contributed by atoms with Crippen molar-refractivity contribution in [2.45, 2.75) is 18.6 Å². The molecule has 4 heterocycles. The van der Waals surface area contributed by atoms with Gasteiger partial charge in [0.05, 0.1) is 11.9 Å². The van der Waals surface area contributed by atoms with E-state index >= 15 is 0 Å². The van der Waals surface area contributed by atoms with Crippen LogP contribution >= 0.6 is 11.3 Å². The van der Waals surface area contributed by atoms with Crippen LogP contribution in [0, 0.1) is 0 Å². The molecule has 5 rings (SSSR count). The molecule has 36 heavy (non-hydrogen) atoms. The predicted molar refractivity (Wildman–Crippen MR) is 128 cm³/mol. The van der Waals surface area contributed by atoms with Gasteiger partial charge in [-0.05, 0) is 17.7 Å². The number of hydrogen-bond donors (Lipinski definition) is 2. The number of amides is 1. The van der Waals surface area contributed by atoms with E-state index in [1.165, 1.54) is 33.3 Å². The van der Waals surface area contributed by atoms with Crippen molar-refractivity contribution in [2.24, 2.45) is 7.05 Å². The molecule has 0 aliphatic carbocycles. The second-order valence-corrected chi connectivity index (χ2v) is 9.10. The Morgan fingerprint density at radius 3 is 2.81 bits per heavy atom. The zero-order valence-corrected chi connectivity index (χ0v) is 20.0. The second kappa shape index (κ2) is 9.24. The molecule has 0 spiro atoms. The average molecular weight is 514 g/mol. The van der Waals surface area contributed by atoms with E-state index in [0.717, 1.165) is 5.56 Å². The first kappa shape index (κ1) is 23.8. The normalized spacial score (nSPS) is 17.7. The Morgan fingerprint density at radius 1 is 1.22 bits per heavy atom. The number of thiazole rings is 1. The van der Waals surface area contributed by atoms with Gasteiger partial charge in [0.1, 0.15) is 16.4 Å². The largest absolute Gasteiger partial charge is 0.413 e. The number of rotatable bonds is 7. The van der Waals surface area contributed by atoms with E-state index in [0.29, 0.717) is 34.9 Å². The van der Waals surface area contributed by atoms with Gasteiger partial charge in [-0.2, -0.15) is 8.78 Å². The Bertz CT molecular complexity index is 1430. The molecule has 2 N–H and O–H groups in total. The summed E-state index contributed by atoms with van der Waals surface area (Å²) < 4.78 is 31.1. The van der Waals surface area contributed by atoms with E-state index in [9.17, 15) is 18.7 Å². The van der Waals surface area contributed by atoms with E-state index < -0.39 is 12.2 Å². The molecule has 0 radical (unpaired) electrons. The van der Waals surface area contributed by atoms with E-state index in [2.05, 4.69) is 30.1 Å². The van der Waals surface area contributed by atoms with Crippen molar-refractivity contribution >= 4 is 28.9 Å². The molecule has 1 aromatic carbocycles. The lowest BCUT2D eigenvalue weighted by Crippen LogP contribution is -2.36. The number of anilines is 2. The van der Waals surface area contributed by atoms with Gasteiger partial charge in [-0.15, -0.1) is 16.4 Å². The van der Waals surface area contributed by atoms with Gasteiger partial charge in [0, 0.05) is 44.2 Å². The number of likely N-dealkylation sites (tertiary alicyclic amines) is 1. The lowest BCUT2D eigenvalue weighted by Gasteiger charge is -2.21. The quantitative estimate of drug-likeness (QED) is 0.386. The highest BCUT2D eigenvalue weighted by molar-refractivity contribution is 7.13. The van der Waals surface area contributed by atoms with Crippen LogP contribution in [0.1, 0.15) is 12.0 Å². The van der Waals surface area contributed by atoms with Crippen LogP contribution in [0.3, 0.4) is 0 Å². The van der Waals surface area contributed by atoms with Crippen molar-refractivity contribution in [1.29, 1.82) is 0 Å². The molecule has 10 nitrogen and oxygen atoms in total. The zero-order valence-electron chi connectivity index (χ0n) is 19.2. The number of carbonyl (C=O) groups excluding carboxylic acids is 1. The third-order valence-electron chi connectivity index (χ3n) is 5.76. The van der Waals surface area contributed by atoms with Crippen LogP contribution in [-0.2, 0) is 17.4 Å². The minimum absolute atomic E-state index is 0.155. The van der Waals surface area contributed by atoms with Crippen LogP contribution < -0.4 is 10.1 Å². The Labute approximate surface area is 208 Å². The first-order chi connectivity index (χ1) is 17.2. The summed E-state index contributed by atoms with van der Waals surface area (Å²) in [4.78, 5) is 27.3. The summed E-state index contributed by atoms with van der Waals surface area (Å²) in [6.07, 6.45) is 3.32. The molecule has 0 saturated carbocycles. The molecule has 1 atom stereocenters. The molecule has 1 aliphatic heterocycles. The van der Waals surface area contributed by atoms with Gasteiger partial charge in [-0.3, -0.25) is 9.48 Å². The SMILES string of the molecule is CN1CCC(O)(c2cccc(-c3nc(-c4ccnc(Nc5cn(C)nc5OC(F)F)n4)cs3)c2)C1=O. The van der Waals surface area contributed by atoms with E-state index in [1.807, 2.05) is 11.4 Å². The topological polar surface area (TPSA) is 118 Å². The summed E-state index contributed by atoms with van der Waals surface area (Å²) >= 11 is 1.39. The molecule has 1 amide bonds. The molecule has 1 unspecified atom stereocenters. The smallest absolute Gasteiger partial charge is 0.388 e. The maximum absolute atomic E-state index is 12.7. The molecule has 13 heteroatoms. The van der Waals surface area contributed by atoms with Crippen LogP contribution in [0.4, 0.5) is 20.4 Å². The van der Waals surface area contributed by atoms with E-state index in [-0.39, 0.29) is 23.4 Å². The predicted octanol–water partition coefficient (Wildman–Crippen LogP) is 3.40. The number of carbonyl (C=O) groups is 1. The lowest BCUT2D eigenvalue weighted by molar-refractivity contribution is -0.143. The van der Waals surface area contributed by atoms with Crippen LogP contribution in [-0.4, -0.2) is 60.8 Å². The lowest BCUT2D eigenvalue weighted by atomic mass is 9.91. The molecule has 4 aromatic rings. The minimum atomic E-state index is -3.02. The van der Waals surface area contributed by atoms with Crippen molar-refractivity contribution < 1.29 is 23.4 Å². The van der Waals surface area contributed by atoms with Crippen molar-refractivity contribution in [1.82, 2.24) is 29.6 Å². The standard InChI is InChI=1S/C23H21F2N7O3S/c1-31-9-7-23(34,20(31)33)14-5-3-4-13(10-14)19-27-17(12-36-19)15-6-8-26-22(28-15)29-16-11-32(2)30-18(16)35-21(24)25/h3-6,8,10-12,21,34H,7,9H2,1-2H3,(H,26,28,29). The number of nitrogens with one attached hydrogen (secondary N) is 1. The van der Waals surface area contributed by atoms with Crippen molar-refractivity contribution in [3.63, 3.8) is 0 Å². The average Bonchev–Trinajstić information content (AvgIpc) is 3.55. The fourth-order valence-corrected chi connectivity index (χ4v) is 4.77. The Kier molecular flexibility index (Phi) is 6.10. The number of hydrogen-bond acceptors (Lipinski definition) is 9. The number of benzene rings is 1. The third kappa shape index (κ3) is 4.50. The van der Waals surface area contributed by atoms with Crippen molar-refractivity contribution in [2.75, 3.05) is 18.9 Å². The number of aryl methyl sites for hydroxylation is 1. The van der Waals surface area contributed by atoms with Crippen molar-refractivity contribution in [3.05, 3.63) is 53.7 Å². The summed E-state index contributed by atoms with van der Waals surface area (Å²) in [5.41, 5.74) is 1.02. The maximum atomic E-state index is 12.7. The van der Waals surface area contributed by atoms with Gasteiger partial charge in [-0.25, -0.2) is 15.0 Å². The summed E-state index contributed by atoms with van der Waals surface area (Å²) in [5.74, 6) is -0.440. The van der Waals surface area contributed by atoms with E-state index in [4.69, 9.17) is 0 Å². The number of halogens is 2. The summed E-state index contributed by atoms with van der Waals surface area (Å²) in [6, 6.07) is 8.84. The number of alkyl halides is 2. The van der Waals surface area contributed by atoms with E-state index in [1.54, 1.807) is 38.4 Å². The molecule has 1 aliphatic rings. The highest BCUT2D eigenvalue weighted by Gasteiger charge is 2.45. The Morgan fingerprint density at radius 2 is 2.06 bits per heavy atom. The van der Waals surface area contributed by atoms with Crippen LogP contribution in [0.5, 0.6) is 5.88 Å². The summed E-state index contributed by atoms with van der Waals surface area (Å²) in [5, 5.41) is 20.2. The van der Waals surface area contributed by atoms with Gasteiger partial charge < -0.3 is 20.1 Å². The van der Waals surface area contributed by atoms with Gasteiger partial charge in [0.15, 0.2) is 5.60 Å². The second-order valence-electron chi connectivity index (χ2n) is 8.25. The number of nitrogens with zero attached hydrogens (tertiary/aromatic N) is 6. The fourth-order valence-electron chi connectivity index (χ4n) is 3.96. The number of aliphatic hydroxyl groups is 1. The molecular weight excluding hydrogens is 492 g/mol. The van der Waals surface area contributed by atoms with Crippen molar-refractivity contribution in [3.8, 4) is 27.8 Å². The highest BCUT2D eigenvalue weighted by Crippen LogP contribution is 2.36. The van der Waals surface area contributed by atoms with Gasteiger partial charge in [-0.1, -0.05) is 18.2 Å². The molecule has 1 saturated heterocycles. The molecule has 1 fully saturated rings. The fraction of sp³-hybridized carbons (Fsp3) is 0.261. The summed E-state index contributed by atoms with van der Waals surface area (Å²) in [6.45, 7) is -2.53. The summed E-state index contributed by atoms with van der Waals surface area (Å²) in [7, 11) is 3.25. The Balaban J connectivity index is 1.39. The van der Waals surface area contributed by atoms with Crippen LogP contribution in [0.25, 0.3) is 22.0 Å². The highest BCUT2D eigenvalue weighted by atomic mass is 32.1. The van der Waals surface area contributed by atoms with Gasteiger partial charge >= 0.3 is 6.61 Å². The first-order valence-corrected chi connectivity index (χ1v) is 11.7. The molecule has 0 bridgehead atoms. The van der Waals surface area contributed by atoms with Crippen LogP contribution in [0.15, 0.2) is 48.1 Å². The van der Waals surface area contributed by atoms with Gasteiger partial charge in [0.2, 0.25) is 5.95 Å². The molecular formula is C23H21F2N7O3S. The number of ether oxygens (including phenoxy) is 1. The van der Waals surface area contributed by atoms with Gasteiger partial charge in [0.25, 0.3) is 11.8 Å². The molecule has 186 valence electrons. The number of likely N-dealkylation sites (N-methyl/N-ethyl adjacent to an activating group) is 1. The first-order valence-electron chi connectivity index (χ1n) is 10.9. The maximum Gasteiger partial charge on any atom is 0.388 e.